The van der Waals surface area contributed by atoms with Gasteiger partial charge in [-0.05, 0) is 31.3 Å². The largest absolute Gasteiger partial charge is 0.494 e. The molecule has 0 atom stereocenters. The predicted octanol–water partition coefficient (Wildman–Crippen LogP) is 4.59. The molecule has 0 aliphatic rings. The lowest BCUT2D eigenvalue weighted by Gasteiger charge is -2.24. The number of rotatable bonds is 10. The number of nitrogens with zero attached hydrogens (tertiary/aromatic N) is 4. The number of halogens is 1. The summed E-state index contributed by atoms with van der Waals surface area (Å²) in [5.41, 5.74) is 5.00. The third-order valence-electron chi connectivity index (χ3n) is 5.94. The van der Waals surface area contributed by atoms with Gasteiger partial charge in [0.2, 0.25) is 11.9 Å². The van der Waals surface area contributed by atoms with Crippen LogP contribution in [0.3, 0.4) is 0 Å². The minimum absolute atomic E-state index is 0. The molecule has 0 saturated heterocycles. The van der Waals surface area contributed by atoms with E-state index in [1.807, 2.05) is 56.4 Å². The number of hydrogen-bond acceptors (Lipinski definition) is 7. The monoisotopic (exact) mass is 521 g/mol. The number of hydrogen-bond donors (Lipinski definition) is 3. The minimum atomic E-state index is -0.302. The molecular formula is C27H32ClN7O2. The molecule has 10 heteroatoms. The van der Waals surface area contributed by atoms with Gasteiger partial charge in [-0.1, -0.05) is 24.8 Å². The van der Waals surface area contributed by atoms with Crippen LogP contribution in [-0.2, 0) is 11.8 Å². The van der Waals surface area contributed by atoms with Gasteiger partial charge in [0, 0.05) is 62.1 Å². The predicted molar refractivity (Wildman–Crippen MR) is 153 cm³/mol. The van der Waals surface area contributed by atoms with Gasteiger partial charge in [-0.2, -0.15) is 0 Å². The van der Waals surface area contributed by atoms with E-state index in [1.165, 1.54) is 6.08 Å². The molecule has 0 aliphatic carbocycles. The molecule has 2 aromatic heterocycles. The smallest absolute Gasteiger partial charge is 0.247 e. The van der Waals surface area contributed by atoms with Crippen LogP contribution < -0.4 is 25.6 Å². The molecule has 2 heterocycles. The fourth-order valence-electron chi connectivity index (χ4n) is 4.07. The molecule has 4 rings (SSSR count). The summed E-state index contributed by atoms with van der Waals surface area (Å²) >= 11 is 0. The Morgan fingerprint density at radius 3 is 2.73 bits per heavy atom. The standard InChI is InChI=1S/C27H31N7O2.ClH/c1-6-26(35)30-21-15-22(25(36-5)16-24(21)33(3)14-13-28-2)32-27-29-12-11-20(31-27)19-17-34(4)23-10-8-7-9-18(19)23;/h6-12,15-17,28H,1,13-14H2,2-5H3,(H,30,35)(H,29,31,32);1H. The van der Waals surface area contributed by atoms with Gasteiger partial charge < -0.3 is 30.2 Å². The highest BCUT2D eigenvalue weighted by atomic mass is 35.5. The van der Waals surface area contributed by atoms with E-state index in [-0.39, 0.29) is 18.3 Å². The summed E-state index contributed by atoms with van der Waals surface area (Å²) in [4.78, 5) is 23.4. The van der Waals surface area contributed by atoms with Gasteiger partial charge >= 0.3 is 0 Å². The van der Waals surface area contributed by atoms with Crippen molar-refractivity contribution >= 4 is 52.2 Å². The Labute approximate surface area is 223 Å². The normalized spacial score (nSPS) is 10.5. The van der Waals surface area contributed by atoms with Crippen molar-refractivity contribution in [1.82, 2.24) is 19.9 Å². The van der Waals surface area contributed by atoms with E-state index >= 15 is 0 Å². The summed E-state index contributed by atoms with van der Waals surface area (Å²) < 4.78 is 7.76. The summed E-state index contributed by atoms with van der Waals surface area (Å²) in [6.45, 7) is 5.08. The fourth-order valence-corrected chi connectivity index (χ4v) is 4.07. The van der Waals surface area contributed by atoms with Crippen molar-refractivity contribution in [3.63, 3.8) is 0 Å². The van der Waals surface area contributed by atoms with Crippen LogP contribution in [0.5, 0.6) is 5.75 Å². The van der Waals surface area contributed by atoms with Gasteiger partial charge in [0.25, 0.3) is 0 Å². The van der Waals surface area contributed by atoms with Crippen molar-refractivity contribution in [3.8, 4) is 17.0 Å². The molecule has 0 fully saturated rings. The maximum absolute atomic E-state index is 12.2. The second-order valence-electron chi connectivity index (χ2n) is 8.35. The van der Waals surface area contributed by atoms with Crippen LogP contribution in [-0.4, -0.2) is 54.7 Å². The lowest BCUT2D eigenvalue weighted by molar-refractivity contribution is -0.111. The lowest BCUT2D eigenvalue weighted by atomic mass is 10.1. The zero-order chi connectivity index (χ0) is 25.7. The number of nitrogens with one attached hydrogen (secondary N) is 3. The lowest BCUT2D eigenvalue weighted by Crippen LogP contribution is -2.28. The minimum Gasteiger partial charge on any atom is -0.494 e. The number of para-hydroxylation sites is 1. The molecule has 0 bridgehead atoms. The van der Waals surface area contributed by atoms with Crippen LogP contribution in [0.1, 0.15) is 0 Å². The molecule has 0 unspecified atom stereocenters. The van der Waals surface area contributed by atoms with Crippen LogP contribution in [0, 0.1) is 0 Å². The molecule has 0 radical (unpaired) electrons. The Bertz CT molecular complexity index is 1400. The number of methoxy groups -OCH3 is 1. The Morgan fingerprint density at radius 2 is 2.00 bits per heavy atom. The maximum Gasteiger partial charge on any atom is 0.247 e. The van der Waals surface area contributed by atoms with E-state index in [0.29, 0.717) is 23.1 Å². The molecule has 0 aliphatic heterocycles. The molecule has 194 valence electrons. The Balaban J connectivity index is 0.00000380. The first-order chi connectivity index (χ1) is 17.4. The summed E-state index contributed by atoms with van der Waals surface area (Å²) in [6, 6.07) is 13.8. The van der Waals surface area contributed by atoms with Gasteiger partial charge in [-0.25, -0.2) is 9.97 Å². The number of carbonyl (C=O) groups excluding carboxylic acids is 1. The molecule has 0 saturated carbocycles. The van der Waals surface area contributed by atoms with Gasteiger partial charge in [0.05, 0.1) is 29.9 Å². The first-order valence-electron chi connectivity index (χ1n) is 11.6. The van der Waals surface area contributed by atoms with Crippen LogP contribution in [0.25, 0.3) is 22.2 Å². The van der Waals surface area contributed by atoms with Crippen LogP contribution >= 0.6 is 12.4 Å². The van der Waals surface area contributed by atoms with Crippen molar-refractivity contribution in [2.24, 2.45) is 7.05 Å². The molecule has 9 nitrogen and oxygen atoms in total. The van der Waals surface area contributed by atoms with Gasteiger partial charge in [0.1, 0.15) is 5.75 Å². The molecular weight excluding hydrogens is 490 g/mol. The van der Waals surface area contributed by atoms with Crippen molar-refractivity contribution in [3.05, 3.63) is 67.5 Å². The summed E-state index contributed by atoms with van der Waals surface area (Å²) in [5, 5.41) is 10.4. The first kappa shape index (κ1) is 27.5. The van der Waals surface area contributed by atoms with Gasteiger partial charge in [-0.3, -0.25) is 4.79 Å². The van der Waals surface area contributed by atoms with Crippen LogP contribution in [0.15, 0.2) is 67.5 Å². The van der Waals surface area contributed by atoms with E-state index in [4.69, 9.17) is 9.72 Å². The van der Waals surface area contributed by atoms with E-state index in [2.05, 4.69) is 50.4 Å². The van der Waals surface area contributed by atoms with Gasteiger partial charge in [-0.15, -0.1) is 12.4 Å². The topological polar surface area (TPSA) is 96.3 Å². The van der Waals surface area contributed by atoms with Crippen LogP contribution in [0.4, 0.5) is 23.0 Å². The number of aryl methyl sites for hydroxylation is 1. The quantitative estimate of drug-likeness (QED) is 0.263. The fraction of sp³-hybridized carbons (Fsp3) is 0.222. The number of anilines is 4. The number of fused-ring (bicyclic) bond motifs is 1. The van der Waals surface area contributed by atoms with Crippen molar-refractivity contribution in [1.29, 1.82) is 0 Å². The molecule has 3 N–H and O–H groups in total. The number of carbonyl (C=O) groups is 1. The van der Waals surface area contributed by atoms with Crippen molar-refractivity contribution in [2.75, 3.05) is 49.8 Å². The van der Waals surface area contributed by atoms with Crippen LogP contribution in [0.2, 0.25) is 0 Å². The number of amides is 1. The highest BCUT2D eigenvalue weighted by Gasteiger charge is 2.17. The Kier molecular flexibility index (Phi) is 9.10. The molecule has 2 aromatic carbocycles. The zero-order valence-corrected chi connectivity index (χ0v) is 22.2. The Hall–Kier alpha value is -4.08. The second-order valence-corrected chi connectivity index (χ2v) is 8.35. The Morgan fingerprint density at radius 1 is 1.22 bits per heavy atom. The molecule has 37 heavy (non-hydrogen) atoms. The highest BCUT2D eigenvalue weighted by molar-refractivity contribution is 6.02. The van der Waals surface area contributed by atoms with E-state index in [0.717, 1.165) is 40.9 Å². The summed E-state index contributed by atoms with van der Waals surface area (Å²) in [5.74, 6) is 0.705. The number of ether oxygens (including phenoxy) is 1. The van der Waals surface area contributed by atoms with Crippen molar-refractivity contribution in [2.45, 2.75) is 0 Å². The highest BCUT2D eigenvalue weighted by Crippen LogP contribution is 2.38. The maximum atomic E-state index is 12.2. The van der Waals surface area contributed by atoms with E-state index < -0.39 is 0 Å². The summed E-state index contributed by atoms with van der Waals surface area (Å²) in [7, 11) is 7.48. The third-order valence-corrected chi connectivity index (χ3v) is 5.94. The van der Waals surface area contributed by atoms with Crippen molar-refractivity contribution < 1.29 is 9.53 Å². The average Bonchev–Trinajstić information content (AvgIpc) is 3.24. The summed E-state index contributed by atoms with van der Waals surface area (Å²) in [6.07, 6.45) is 5.03. The molecule has 4 aromatic rings. The SMILES string of the molecule is C=CC(=O)Nc1cc(Nc2nccc(-c3cn(C)c4ccccc34)n2)c(OC)cc1N(C)CCNC.Cl. The third kappa shape index (κ3) is 6.02. The second kappa shape index (κ2) is 12.2. The van der Waals surface area contributed by atoms with E-state index in [1.54, 1.807) is 13.3 Å². The van der Waals surface area contributed by atoms with Gasteiger partial charge in [0.15, 0.2) is 0 Å². The average molecular weight is 522 g/mol. The number of aromatic nitrogens is 3. The van der Waals surface area contributed by atoms with E-state index in [9.17, 15) is 4.79 Å². The number of benzene rings is 2. The number of likely N-dealkylation sites (N-methyl/N-ethyl adjacent to an activating group) is 2. The zero-order valence-electron chi connectivity index (χ0n) is 21.4. The first-order valence-corrected chi connectivity index (χ1v) is 11.6. The molecule has 0 spiro atoms. The molecule has 1 amide bonds.